The Kier molecular flexibility index (Phi) is 5.53. The number of nitrogens with one attached hydrogen (secondary N) is 1. The minimum atomic E-state index is -0.418. The van der Waals surface area contributed by atoms with Gasteiger partial charge in [0.05, 0.1) is 0 Å². The van der Waals surface area contributed by atoms with E-state index in [0.29, 0.717) is 11.8 Å². The number of rotatable bonds is 6. The van der Waals surface area contributed by atoms with E-state index in [-0.39, 0.29) is 11.6 Å². The van der Waals surface area contributed by atoms with Crippen molar-refractivity contribution >= 4 is 0 Å². The van der Waals surface area contributed by atoms with Gasteiger partial charge in [-0.1, -0.05) is 32.8 Å². The van der Waals surface area contributed by atoms with E-state index in [4.69, 9.17) is 0 Å². The van der Waals surface area contributed by atoms with Crippen molar-refractivity contribution in [2.45, 2.75) is 52.0 Å². The maximum atomic E-state index is 14.1. The van der Waals surface area contributed by atoms with Crippen molar-refractivity contribution in [3.05, 3.63) is 35.4 Å². The van der Waals surface area contributed by atoms with Crippen molar-refractivity contribution in [3.63, 3.8) is 0 Å². The number of hydrogen-bond acceptors (Lipinski definition) is 1. The molecule has 3 heteroatoms. The summed E-state index contributed by atoms with van der Waals surface area (Å²) in [7, 11) is 0. The Bertz CT molecular complexity index is 413. The van der Waals surface area contributed by atoms with Crippen molar-refractivity contribution in [3.8, 4) is 0 Å². The van der Waals surface area contributed by atoms with Gasteiger partial charge in [0.1, 0.15) is 11.6 Å². The first kappa shape index (κ1) is 15.4. The second-order valence-electron chi connectivity index (χ2n) is 5.91. The highest BCUT2D eigenvalue weighted by Gasteiger charge is 2.33. The molecule has 1 nitrogen and oxygen atoms in total. The molecule has 1 aromatic rings. The standard InChI is InChI=1S/C17H25F2N/c1-3-10-20-17(13-9-8-12(4-2)11-13)16-14(18)6-5-7-15(16)19/h5-7,12-13,17,20H,3-4,8-11H2,1-2H3. The van der Waals surface area contributed by atoms with Gasteiger partial charge in [-0.15, -0.1) is 0 Å². The van der Waals surface area contributed by atoms with Gasteiger partial charge in [-0.05, 0) is 49.8 Å². The molecule has 1 fully saturated rings. The van der Waals surface area contributed by atoms with Crippen molar-refractivity contribution in [1.29, 1.82) is 0 Å². The van der Waals surface area contributed by atoms with Gasteiger partial charge in [0, 0.05) is 11.6 Å². The summed E-state index contributed by atoms with van der Waals surface area (Å²) in [6.07, 6.45) is 5.45. The Morgan fingerprint density at radius 3 is 2.45 bits per heavy atom. The first-order valence-corrected chi connectivity index (χ1v) is 7.84. The lowest BCUT2D eigenvalue weighted by molar-refractivity contribution is 0.334. The van der Waals surface area contributed by atoms with E-state index in [9.17, 15) is 8.78 Å². The van der Waals surface area contributed by atoms with E-state index in [0.717, 1.165) is 32.2 Å². The average molecular weight is 281 g/mol. The smallest absolute Gasteiger partial charge is 0.130 e. The molecule has 20 heavy (non-hydrogen) atoms. The summed E-state index contributed by atoms with van der Waals surface area (Å²) >= 11 is 0. The lowest BCUT2D eigenvalue weighted by atomic mass is 9.89. The molecule has 3 atom stereocenters. The van der Waals surface area contributed by atoms with Crippen LogP contribution in [-0.4, -0.2) is 6.54 Å². The predicted molar refractivity (Wildman–Crippen MR) is 78.5 cm³/mol. The van der Waals surface area contributed by atoms with Crippen molar-refractivity contribution in [1.82, 2.24) is 5.32 Å². The fourth-order valence-electron chi connectivity index (χ4n) is 3.40. The summed E-state index contributed by atoms with van der Waals surface area (Å²) in [5.41, 5.74) is 0.239. The highest BCUT2D eigenvalue weighted by molar-refractivity contribution is 5.24. The fourth-order valence-corrected chi connectivity index (χ4v) is 3.40. The molecule has 0 aliphatic heterocycles. The summed E-state index contributed by atoms with van der Waals surface area (Å²) in [6.45, 7) is 5.07. The molecule has 2 rings (SSSR count). The average Bonchev–Trinajstić information content (AvgIpc) is 2.90. The zero-order valence-corrected chi connectivity index (χ0v) is 12.5. The van der Waals surface area contributed by atoms with Crippen LogP contribution >= 0.6 is 0 Å². The van der Waals surface area contributed by atoms with E-state index in [2.05, 4.69) is 19.2 Å². The van der Waals surface area contributed by atoms with E-state index >= 15 is 0 Å². The van der Waals surface area contributed by atoms with Gasteiger partial charge in [-0.3, -0.25) is 0 Å². The molecule has 0 heterocycles. The fraction of sp³-hybridized carbons (Fsp3) is 0.647. The zero-order chi connectivity index (χ0) is 14.5. The second-order valence-corrected chi connectivity index (χ2v) is 5.91. The molecule has 1 saturated carbocycles. The van der Waals surface area contributed by atoms with Crippen molar-refractivity contribution < 1.29 is 8.78 Å². The van der Waals surface area contributed by atoms with E-state index < -0.39 is 11.6 Å². The highest BCUT2D eigenvalue weighted by Crippen LogP contribution is 2.41. The van der Waals surface area contributed by atoms with Crippen molar-refractivity contribution in [2.75, 3.05) is 6.54 Å². The van der Waals surface area contributed by atoms with Gasteiger partial charge in [-0.2, -0.15) is 0 Å². The van der Waals surface area contributed by atoms with Gasteiger partial charge in [0.2, 0.25) is 0 Å². The normalized spacial score (nSPS) is 24.0. The van der Waals surface area contributed by atoms with Gasteiger partial charge < -0.3 is 5.32 Å². The number of halogens is 2. The molecular formula is C17H25F2N. The first-order chi connectivity index (χ1) is 9.67. The van der Waals surface area contributed by atoms with Gasteiger partial charge >= 0.3 is 0 Å². The van der Waals surface area contributed by atoms with E-state index in [1.807, 2.05) is 0 Å². The summed E-state index contributed by atoms with van der Waals surface area (Å²) in [4.78, 5) is 0. The Morgan fingerprint density at radius 2 is 1.90 bits per heavy atom. The molecule has 0 bridgehead atoms. The monoisotopic (exact) mass is 281 g/mol. The molecule has 0 aromatic heterocycles. The van der Waals surface area contributed by atoms with Crippen LogP contribution in [0.4, 0.5) is 8.78 Å². The lowest BCUT2D eigenvalue weighted by Gasteiger charge is -2.26. The van der Waals surface area contributed by atoms with Gasteiger partial charge in [-0.25, -0.2) is 8.78 Å². The first-order valence-electron chi connectivity index (χ1n) is 7.84. The maximum Gasteiger partial charge on any atom is 0.130 e. The van der Waals surface area contributed by atoms with Crippen LogP contribution in [0.25, 0.3) is 0 Å². The van der Waals surface area contributed by atoms with Crippen LogP contribution in [0.1, 0.15) is 57.6 Å². The molecule has 1 aromatic carbocycles. The van der Waals surface area contributed by atoms with E-state index in [1.165, 1.54) is 24.6 Å². The summed E-state index contributed by atoms with van der Waals surface area (Å²) in [6, 6.07) is 3.98. The minimum Gasteiger partial charge on any atom is -0.310 e. The third kappa shape index (κ3) is 3.38. The van der Waals surface area contributed by atoms with Crippen LogP contribution in [0, 0.1) is 23.5 Å². The molecule has 3 unspecified atom stereocenters. The minimum absolute atomic E-state index is 0.187. The van der Waals surface area contributed by atoms with Crippen molar-refractivity contribution in [2.24, 2.45) is 11.8 Å². The summed E-state index contributed by atoms with van der Waals surface area (Å²) in [5, 5.41) is 3.37. The summed E-state index contributed by atoms with van der Waals surface area (Å²) in [5.74, 6) is 0.218. The molecule has 1 aliphatic carbocycles. The van der Waals surface area contributed by atoms with Gasteiger partial charge in [0.25, 0.3) is 0 Å². The lowest BCUT2D eigenvalue weighted by Crippen LogP contribution is -2.29. The zero-order valence-electron chi connectivity index (χ0n) is 12.5. The largest absolute Gasteiger partial charge is 0.310 e. The van der Waals surface area contributed by atoms with Gasteiger partial charge in [0.15, 0.2) is 0 Å². The SMILES string of the molecule is CCCNC(c1c(F)cccc1F)C1CCC(CC)C1. The van der Waals surface area contributed by atoms with Crippen LogP contribution in [0.5, 0.6) is 0 Å². The van der Waals surface area contributed by atoms with Crippen LogP contribution in [-0.2, 0) is 0 Å². The molecule has 112 valence electrons. The highest BCUT2D eigenvalue weighted by atomic mass is 19.1. The van der Waals surface area contributed by atoms with E-state index in [1.54, 1.807) is 0 Å². The number of hydrogen-bond donors (Lipinski definition) is 1. The second kappa shape index (κ2) is 7.16. The van der Waals surface area contributed by atoms with Crippen LogP contribution in [0.2, 0.25) is 0 Å². The Balaban J connectivity index is 2.23. The third-order valence-corrected chi connectivity index (χ3v) is 4.56. The predicted octanol–water partition coefficient (Wildman–Crippen LogP) is 4.83. The van der Waals surface area contributed by atoms with Crippen LogP contribution in [0.15, 0.2) is 18.2 Å². The quantitative estimate of drug-likeness (QED) is 0.787. The third-order valence-electron chi connectivity index (χ3n) is 4.56. The summed E-state index contributed by atoms with van der Waals surface area (Å²) < 4.78 is 28.2. The van der Waals surface area contributed by atoms with Crippen LogP contribution < -0.4 is 5.32 Å². The molecule has 0 radical (unpaired) electrons. The Labute approximate surface area is 120 Å². The molecule has 1 N–H and O–H groups in total. The Hall–Kier alpha value is -0.960. The Morgan fingerprint density at radius 1 is 1.20 bits per heavy atom. The molecule has 0 saturated heterocycles. The molecule has 1 aliphatic rings. The topological polar surface area (TPSA) is 12.0 Å². The number of benzene rings is 1. The molecule has 0 amide bonds. The maximum absolute atomic E-state index is 14.1. The molecule has 0 spiro atoms. The molecular weight excluding hydrogens is 256 g/mol. The van der Waals surface area contributed by atoms with Crippen LogP contribution in [0.3, 0.4) is 0 Å².